The molecule has 78 valence electrons. The lowest BCUT2D eigenvalue weighted by Crippen LogP contribution is -1.84. The molecule has 0 atom stereocenters. The van der Waals surface area contributed by atoms with E-state index < -0.39 is 0 Å². The standard InChI is InChI=1S/C10H7N5O/c11-10-15-14-9(16-10)6-1-2-7-8(5-6)13-4-3-12-7/h1-5H,(H2,11,15). The molecule has 0 saturated carbocycles. The molecule has 6 nitrogen and oxygen atoms in total. The summed E-state index contributed by atoms with van der Waals surface area (Å²) in [5, 5.41) is 7.40. The zero-order chi connectivity index (χ0) is 11.0. The molecular formula is C10H7N5O. The van der Waals surface area contributed by atoms with Crippen LogP contribution in [0.2, 0.25) is 0 Å². The SMILES string of the molecule is Nc1nnc(-c2ccc3nccnc3c2)o1. The Hall–Kier alpha value is -2.50. The molecule has 0 saturated heterocycles. The molecule has 0 unspecified atom stereocenters. The first-order chi connectivity index (χ1) is 7.83. The average molecular weight is 213 g/mol. The van der Waals surface area contributed by atoms with Gasteiger partial charge in [0.05, 0.1) is 11.0 Å². The maximum atomic E-state index is 5.36. The maximum Gasteiger partial charge on any atom is 0.313 e. The van der Waals surface area contributed by atoms with Crippen LogP contribution in [-0.2, 0) is 0 Å². The van der Waals surface area contributed by atoms with Gasteiger partial charge in [0, 0.05) is 18.0 Å². The highest BCUT2D eigenvalue weighted by Crippen LogP contribution is 2.21. The lowest BCUT2D eigenvalue weighted by molar-refractivity contribution is 0.590. The molecular weight excluding hydrogens is 206 g/mol. The lowest BCUT2D eigenvalue weighted by atomic mass is 10.2. The summed E-state index contributed by atoms with van der Waals surface area (Å²) < 4.78 is 5.13. The van der Waals surface area contributed by atoms with Crippen molar-refractivity contribution < 1.29 is 4.42 Å². The molecule has 0 radical (unpaired) electrons. The van der Waals surface area contributed by atoms with Crippen LogP contribution in [0.25, 0.3) is 22.5 Å². The summed E-state index contributed by atoms with van der Waals surface area (Å²) in [7, 11) is 0. The van der Waals surface area contributed by atoms with Gasteiger partial charge in [-0.15, -0.1) is 5.10 Å². The van der Waals surface area contributed by atoms with E-state index in [4.69, 9.17) is 10.2 Å². The summed E-state index contributed by atoms with van der Waals surface area (Å²) in [6.45, 7) is 0. The van der Waals surface area contributed by atoms with Crippen molar-refractivity contribution in [2.75, 3.05) is 5.73 Å². The third-order valence-corrected chi connectivity index (χ3v) is 2.16. The normalized spacial score (nSPS) is 10.8. The highest BCUT2D eigenvalue weighted by atomic mass is 16.4. The van der Waals surface area contributed by atoms with Crippen molar-refractivity contribution in [3.63, 3.8) is 0 Å². The smallest absolute Gasteiger partial charge is 0.313 e. The maximum absolute atomic E-state index is 5.36. The van der Waals surface area contributed by atoms with Crippen molar-refractivity contribution in [2.24, 2.45) is 0 Å². The Morgan fingerprint density at radius 2 is 1.81 bits per heavy atom. The Bertz CT molecular complexity index is 648. The van der Waals surface area contributed by atoms with Crippen molar-refractivity contribution in [3.8, 4) is 11.5 Å². The molecule has 2 heterocycles. The molecule has 2 N–H and O–H groups in total. The second-order valence-corrected chi connectivity index (χ2v) is 3.21. The van der Waals surface area contributed by atoms with Crippen LogP contribution in [0.3, 0.4) is 0 Å². The van der Waals surface area contributed by atoms with Crippen LogP contribution >= 0.6 is 0 Å². The van der Waals surface area contributed by atoms with E-state index in [0.29, 0.717) is 5.89 Å². The van der Waals surface area contributed by atoms with Crippen molar-refractivity contribution in [2.45, 2.75) is 0 Å². The fraction of sp³-hybridized carbons (Fsp3) is 0. The zero-order valence-corrected chi connectivity index (χ0v) is 8.16. The number of rotatable bonds is 1. The van der Waals surface area contributed by atoms with E-state index in [1.165, 1.54) is 0 Å². The van der Waals surface area contributed by atoms with Crippen molar-refractivity contribution in [3.05, 3.63) is 30.6 Å². The summed E-state index contributed by atoms with van der Waals surface area (Å²) in [6, 6.07) is 5.56. The number of nitrogen functional groups attached to an aromatic ring is 1. The van der Waals surface area contributed by atoms with Crippen LogP contribution in [0.15, 0.2) is 35.0 Å². The fourth-order valence-electron chi connectivity index (χ4n) is 1.45. The van der Waals surface area contributed by atoms with Crippen LogP contribution in [0.1, 0.15) is 0 Å². The fourth-order valence-corrected chi connectivity index (χ4v) is 1.45. The van der Waals surface area contributed by atoms with Gasteiger partial charge in [0.25, 0.3) is 0 Å². The number of nitrogens with two attached hydrogens (primary N) is 1. The lowest BCUT2D eigenvalue weighted by Gasteiger charge is -1.97. The predicted molar refractivity (Wildman–Crippen MR) is 57.2 cm³/mol. The van der Waals surface area contributed by atoms with Gasteiger partial charge in [-0.2, -0.15) is 0 Å². The van der Waals surface area contributed by atoms with Gasteiger partial charge < -0.3 is 10.2 Å². The molecule has 16 heavy (non-hydrogen) atoms. The zero-order valence-electron chi connectivity index (χ0n) is 8.16. The van der Waals surface area contributed by atoms with Crippen LogP contribution in [0, 0.1) is 0 Å². The van der Waals surface area contributed by atoms with Gasteiger partial charge in [-0.1, -0.05) is 5.10 Å². The van der Waals surface area contributed by atoms with Crippen LogP contribution in [0.5, 0.6) is 0 Å². The number of nitrogens with zero attached hydrogens (tertiary/aromatic N) is 4. The number of hydrogen-bond acceptors (Lipinski definition) is 6. The second-order valence-electron chi connectivity index (χ2n) is 3.21. The van der Waals surface area contributed by atoms with Crippen LogP contribution in [0.4, 0.5) is 6.01 Å². The quantitative estimate of drug-likeness (QED) is 0.654. The Morgan fingerprint density at radius 1 is 1.00 bits per heavy atom. The molecule has 0 aliphatic heterocycles. The van der Waals surface area contributed by atoms with E-state index in [9.17, 15) is 0 Å². The summed E-state index contributed by atoms with van der Waals surface area (Å²) in [5.41, 5.74) is 7.73. The number of fused-ring (bicyclic) bond motifs is 1. The molecule has 0 fully saturated rings. The molecule has 1 aromatic carbocycles. The summed E-state index contributed by atoms with van der Waals surface area (Å²) >= 11 is 0. The Labute approximate surface area is 90.2 Å². The number of anilines is 1. The Kier molecular flexibility index (Phi) is 1.79. The van der Waals surface area contributed by atoms with E-state index in [2.05, 4.69) is 20.2 Å². The van der Waals surface area contributed by atoms with Crippen molar-refractivity contribution >= 4 is 17.0 Å². The van der Waals surface area contributed by atoms with Gasteiger partial charge in [-0.25, -0.2) is 0 Å². The molecule has 0 amide bonds. The Morgan fingerprint density at radius 3 is 2.56 bits per heavy atom. The topological polar surface area (TPSA) is 90.7 Å². The van der Waals surface area contributed by atoms with E-state index in [1.54, 1.807) is 12.4 Å². The van der Waals surface area contributed by atoms with Gasteiger partial charge >= 0.3 is 6.01 Å². The van der Waals surface area contributed by atoms with E-state index >= 15 is 0 Å². The van der Waals surface area contributed by atoms with Gasteiger partial charge in [-0.05, 0) is 18.2 Å². The van der Waals surface area contributed by atoms with E-state index in [1.807, 2.05) is 18.2 Å². The first-order valence-electron chi connectivity index (χ1n) is 4.63. The molecule has 6 heteroatoms. The molecule has 2 aromatic heterocycles. The van der Waals surface area contributed by atoms with Crippen LogP contribution < -0.4 is 5.73 Å². The monoisotopic (exact) mass is 213 g/mol. The minimum atomic E-state index is 0.0502. The largest absolute Gasteiger partial charge is 0.404 e. The summed E-state index contributed by atoms with van der Waals surface area (Å²) in [6.07, 6.45) is 3.28. The average Bonchev–Trinajstić information content (AvgIpc) is 2.75. The molecule has 0 bridgehead atoms. The first kappa shape index (κ1) is 8.78. The molecule has 0 spiro atoms. The highest BCUT2D eigenvalue weighted by Gasteiger charge is 2.07. The Balaban J connectivity index is 2.18. The number of aromatic nitrogens is 4. The summed E-state index contributed by atoms with van der Waals surface area (Å²) in [5.74, 6) is 0.380. The van der Waals surface area contributed by atoms with Gasteiger partial charge in [0.2, 0.25) is 5.89 Å². The van der Waals surface area contributed by atoms with Crippen LogP contribution in [-0.4, -0.2) is 20.2 Å². The molecule has 3 aromatic rings. The third-order valence-electron chi connectivity index (χ3n) is 2.16. The van der Waals surface area contributed by atoms with Gasteiger partial charge in [-0.3, -0.25) is 9.97 Å². The first-order valence-corrected chi connectivity index (χ1v) is 4.63. The van der Waals surface area contributed by atoms with Gasteiger partial charge in [0.1, 0.15) is 0 Å². The van der Waals surface area contributed by atoms with Crippen molar-refractivity contribution in [1.82, 2.24) is 20.2 Å². The van der Waals surface area contributed by atoms with E-state index in [0.717, 1.165) is 16.6 Å². The minimum absolute atomic E-state index is 0.0502. The summed E-state index contributed by atoms with van der Waals surface area (Å²) in [4.78, 5) is 8.36. The van der Waals surface area contributed by atoms with E-state index in [-0.39, 0.29) is 6.01 Å². The predicted octanol–water partition coefficient (Wildman–Crippen LogP) is 1.26. The number of benzene rings is 1. The van der Waals surface area contributed by atoms with Crippen molar-refractivity contribution in [1.29, 1.82) is 0 Å². The molecule has 0 aliphatic carbocycles. The highest BCUT2D eigenvalue weighted by molar-refractivity contribution is 5.79. The molecule has 3 rings (SSSR count). The minimum Gasteiger partial charge on any atom is -0.404 e. The molecule has 0 aliphatic rings. The second kappa shape index (κ2) is 3.27. The number of hydrogen-bond donors (Lipinski definition) is 1. The van der Waals surface area contributed by atoms with Gasteiger partial charge in [0.15, 0.2) is 0 Å². The third kappa shape index (κ3) is 1.36.